The van der Waals surface area contributed by atoms with Crippen molar-refractivity contribution in [2.75, 3.05) is 31.7 Å². The number of rotatable bonds is 7. The lowest BCUT2D eigenvalue weighted by molar-refractivity contribution is -0.0974. The van der Waals surface area contributed by atoms with Crippen LogP contribution < -0.4 is 10.0 Å². The van der Waals surface area contributed by atoms with Crippen LogP contribution in [-0.2, 0) is 19.5 Å². The Kier molecular flexibility index (Phi) is 5.52. The molecule has 126 valence electrons. The number of nitrogens with zero attached hydrogens (tertiary/aromatic N) is 1. The van der Waals surface area contributed by atoms with Crippen LogP contribution in [0, 0.1) is 0 Å². The summed E-state index contributed by atoms with van der Waals surface area (Å²) in [6.07, 6.45) is 0.539. The first-order valence-corrected chi connectivity index (χ1v) is 9.25. The first kappa shape index (κ1) is 17.6. The van der Waals surface area contributed by atoms with Gasteiger partial charge in [0.15, 0.2) is 11.4 Å². The third-order valence-corrected chi connectivity index (χ3v) is 4.51. The van der Waals surface area contributed by atoms with E-state index in [9.17, 15) is 13.2 Å². The average molecular weight is 359 g/mol. The molecule has 23 heavy (non-hydrogen) atoms. The van der Waals surface area contributed by atoms with E-state index in [-0.39, 0.29) is 17.6 Å². The molecule has 2 rings (SSSR count). The maximum absolute atomic E-state index is 12.1. The van der Waals surface area contributed by atoms with Gasteiger partial charge in [0.25, 0.3) is 5.91 Å². The summed E-state index contributed by atoms with van der Waals surface area (Å²) in [5.74, 6) is -0.281. The largest absolute Gasteiger partial charge is 0.354 e. The number of nitrogens with one attached hydrogen (secondary N) is 2. The van der Waals surface area contributed by atoms with Gasteiger partial charge in [0, 0.05) is 19.8 Å². The van der Waals surface area contributed by atoms with E-state index in [1.54, 1.807) is 18.2 Å². The summed E-state index contributed by atoms with van der Waals surface area (Å²) in [6, 6.07) is 4.94. The molecule has 1 amide bonds. The van der Waals surface area contributed by atoms with Crippen molar-refractivity contribution in [2.45, 2.75) is 6.29 Å². The van der Waals surface area contributed by atoms with Crippen LogP contribution in [0.5, 0.6) is 0 Å². The number of amides is 1. The molecule has 0 saturated carbocycles. The van der Waals surface area contributed by atoms with Crippen molar-refractivity contribution < 1.29 is 22.7 Å². The molecule has 0 aliphatic carbocycles. The summed E-state index contributed by atoms with van der Waals surface area (Å²) in [6.45, 7) is 0.216. The maximum Gasteiger partial charge on any atom is 0.251 e. The normalized spacial score (nSPS) is 11.8. The predicted molar refractivity (Wildman–Crippen MR) is 88.2 cm³/mol. The molecule has 10 heteroatoms. The van der Waals surface area contributed by atoms with E-state index in [1.807, 2.05) is 0 Å². The number of carbonyl (C=O) groups excluding carboxylic acids is 1. The van der Waals surface area contributed by atoms with Gasteiger partial charge in [-0.25, -0.2) is 13.4 Å². The van der Waals surface area contributed by atoms with Gasteiger partial charge >= 0.3 is 0 Å². The standard InChI is InChI=1S/C13H17N3O5S2/c1-20-11(21-2)7-14-12(17)8-4-5-9-10(6-8)22-13(15-9)16-23(3,18)19/h4-6,11H,7H2,1-3H3,(H,14,17)(H,15,16). The fraction of sp³-hybridized carbons (Fsp3) is 0.385. The smallest absolute Gasteiger partial charge is 0.251 e. The van der Waals surface area contributed by atoms with Crippen LogP contribution in [-0.4, -0.2) is 52.6 Å². The number of hydrogen-bond donors (Lipinski definition) is 2. The Morgan fingerprint density at radius 2 is 2.04 bits per heavy atom. The van der Waals surface area contributed by atoms with Crippen molar-refractivity contribution in [1.29, 1.82) is 0 Å². The third kappa shape index (κ3) is 4.86. The Morgan fingerprint density at radius 1 is 1.35 bits per heavy atom. The monoisotopic (exact) mass is 359 g/mol. The van der Waals surface area contributed by atoms with E-state index in [0.29, 0.717) is 15.8 Å². The molecule has 0 atom stereocenters. The topological polar surface area (TPSA) is 107 Å². The van der Waals surface area contributed by atoms with E-state index in [2.05, 4.69) is 15.0 Å². The van der Waals surface area contributed by atoms with Gasteiger partial charge in [0.05, 0.1) is 23.0 Å². The molecule has 1 aromatic heterocycles. The van der Waals surface area contributed by atoms with Crippen molar-refractivity contribution in [3.8, 4) is 0 Å². The Balaban J connectivity index is 2.14. The molecule has 0 aliphatic rings. The van der Waals surface area contributed by atoms with Gasteiger partial charge in [-0.05, 0) is 18.2 Å². The summed E-state index contributed by atoms with van der Waals surface area (Å²) in [7, 11) is -0.412. The lowest BCUT2D eigenvalue weighted by atomic mass is 10.2. The van der Waals surface area contributed by atoms with Crippen molar-refractivity contribution >= 4 is 42.6 Å². The number of methoxy groups -OCH3 is 2. The SMILES string of the molecule is COC(CNC(=O)c1ccc2nc(NS(C)(=O)=O)sc2c1)OC. The maximum atomic E-state index is 12.1. The van der Waals surface area contributed by atoms with Crippen LogP contribution >= 0.6 is 11.3 Å². The number of aromatic nitrogens is 1. The first-order valence-electron chi connectivity index (χ1n) is 6.54. The summed E-state index contributed by atoms with van der Waals surface area (Å²) in [5, 5.41) is 2.96. The summed E-state index contributed by atoms with van der Waals surface area (Å²) in [5.41, 5.74) is 1.06. The van der Waals surface area contributed by atoms with E-state index in [4.69, 9.17) is 9.47 Å². The van der Waals surface area contributed by atoms with Gasteiger partial charge in [0.2, 0.25) is 10.0 Å². The quantitative estimate of drug-likeness (QED) is 0.715. The molecule has 2 aromatic rings. The van der Waals surface area contributed by atoms with Crippen molar-refractivity contribution in [3.63, 3.8) is 0 Å². The molecule has 0 bridgehead atoms. The van der Waals surface area contributed by atoms with Crippen LogP contribution in [0.25, 0.3) is 10.2 Å². The van der Waals surface area contributed by atoms with Crippen LogP contribution in [0.4, 0.5) is 5.13 Å². The van der Waals surface area contributed by atoms with Crippen LogP contribution in [0.3, 0.4) is 0 Å². The van der Waals surface area contributed by atoms with Crippen LogP contribution in [0.15, 0.2) is 18.2 Å². The fourth-order valence-electron chi connectivity index (χ4n) is 1.81. The number of thiazole rings is 1. The molecule has 0 saturated heterocycles. The summed E-state index contributed by atoms with van der Waals surface area (Å²) < 4.78 is 35.5. The highest BCUT2D eigenvalue weighted by Crippen LogP contribution is 2.27. The van der Waals surface area contributed by atoms with E-state index in [1.165, 1.54) is 14.2 Å². The second kappa shape index (κ2) is 7.21. The van der Waals surface area contributed by atoms with Gasteiger partial charge in [-0.15, -0.1) is 0 Å². The molecule has 0 spiro atoms. The van der Waals surface area contributed by atoms with E-state index in [0.717, 1.165) is 17.6 Å². The predicted octanol–water partition coefficient (Wildman–Crippen LogP) is 1.02. The molecule has 0 fully saturated rings. The first-order chi connectivity index (χ1) is 10.8. The summed E-state index contributed by atoms with van der Waals surface area (Å²) in [4.78, 5) is 16.3. The zero-order valence-electron chi connectivity index (χ0n) is 12.8. The molecule has 8 nitrogen and oxygen atoms in total. The highest BCUT2D eigenvalue weighted by Gasteiger charge is 2.13. The Hall–Kier alpha value is -1.75. The number of sulfonamides is 1. The Bertz CT molecular complexity index is 799. The number of hydrogen-bond acceptors (Lipinski definition) is 7. The van der Waals surface area contributed by atoms with Gasteiger partial charge in [-0.3, -0.25) is 9.52 Å². The van der Waals surface area contributed by atoms with Crippen molar-refractivity contribution in [2.24, 2.45) is 0 Å². The third-order valence-electron chi connectivity index (χ3n) is 2.88. The number of anilines is 1. The lowest BCUT2D eigenvalue weighted by Gasteiger charge is -2.13. The molecule has 1 heterocycles. The van der Waals surface area contributed by atoms with Gasteiger partial charge in [0.1, 0.15) is 0 Å². The van der Waals surface area contributed by atoms with Crippen molar-refractivity contribution in [3.05, 3.63) is 23.8 Å². The van der Waals surface area contributed by atoms with E-state index >= 15 is 0 Å². The second-order valence-corrected chi connectivity index (χ2v) is 7.47. The minimum absolute atomic E-state index is 0.216. The molecule has 0 unspecified atom stereocenters. The number of ether oxygens (including phenoxy) is 2. The molecule has 2 N–H and O–H groups in total. The van der Waals surface area contributed by atoms with Gasteiger partial charge in [-0.2, -0.15) is 0 Å². The number of carbonyl (C=O) groups is 1. The lowest BCUT2D eigenvalue weighted by Crippen LogP contribution is -2.34. The second-order valence-electron chi connectivity index (χ2n) is 4.69. The molecular formula is C13H17N3O5S2. The molecule has 0 radical (unpaired) electrons. The van der Waals surface area contributed by atoms with Gasteiger partial charge < -0.3 is 14.8 Å². The highest BCUT2D eigenvalue weighted by molar-refractivity contribution is 7.92. The molecular weight excluding hydrogens is 342 g/mol. The Morgan fingerprint density at radius 3 is 2.65 bits per heavy atom. The minimum Gasteiger partial charge on any atom is -0.354 e. The molecule has 1 aromatic carbocycles. The zero-order chi connectivity index (χ0) is 17.0. The number of fused-ring (bicyclic) bond motifs is 1. The van der Waals surface area contributed by atoms with E-state index < -0.39 is 16.3 Å². The van der Waals surface area contributed by atoms with Crippen LogP contribution in [0.2, 0.25) is 0 Å². The molecule has 0 aliphatic heterocycles. The highest BCUT2D eigenvalue weighted by atomic mass is 32.2. The van der Waals surface area contributed by atoms with Crippen LogP contribution in [0.1, 0.15) is 10.4 Å². The minimum atomic E-state index is -3.38. The van der Waals surface area contributed by atoms with Gasteiger partial charge in [-0.1, -0.05) is 11.3 Å². The zero-order valence-corrected chi connectivity index (χ0v) is 14.5. The average Bonchev–Trinajstić information content (AvgIpc) is 2.86. The van der Waals surface area contributed by atoms with Crippen molar-refractivity contribution in [1.82, 2.24) is 10.3 Å². The Labute approximate surface area is 137 Å². The summed E-state index contributed by atoms with van der Waals surface area (Å²) >= 11 is 1.16. The number of benzene rings is 1. The fourth-order valence-corrected chi connectivity index (χ4v) is 3.55.